The first kappa shape index (κ1) is 9.64. The number of hydrogen-bond donors (Lipinski definition) is 0. The van der Waals surface area contributed by atoms with E-state index in [0.717, 1.165) is 0 Å². The van der Waals surface area contributed by atoms with Gasteiger partial charge in [0.1, 0.15) is 10.8 Å². The fraction of sp³-hybridized carbons (Fsp3) is 0.125. The Labute approximate surface area is 75.8 Å². The second-order valence-electron chi connectivity index (χ2n) is 2.34. The van der Waals surface area contributed by atoms with Gasteiger partial charge in [-0.25, -0.2) is 13.2 Å². The molecule has 13 heavy (non-hydrogen) atoms. The lowest BCUT2D eigenvalue weighted by Crippen LogP contribution is -2.02. The first-order chi connectivity index (χ1) is 6.09. The van der Waals surface area contributed by atoms with E-state index in [0.29, 0.717) is 0 Å². The van der Waals surface area contributed by atoms with Crippen molar-refractivity contribution in [1.29, 1.82) is 0 Å². The van der Waals surface area contributed by atoms with Crippen LogP contribution in [0.3, 0.4) is 0 Å². The Balaban J connectivity index is 3.33. The number of hydrogen-bond acceptors (Lipinski definition) is 4. The van der Waals surface area contributed by atoms with Crippen LogP contribution in [0.1, 0.15) is 6.92 Å². The summed E-state index contributed by atoms with van der Waals surface area (Å²) in [7, 11) is -3.64. The zero-order chi connectivity index (χ0) is 9.90. The summed E-state index contributed by atoms with van der Waals surface area (Å²) in [5.41, 5.74) is 0. The summed E-state index contributed by atoms with van der Waals surface area (Å²) in [6.45, 7) is 1.21. The third-order valence-corrected chi connectivity index (χ3v) is 3.29. The fourth-order valence-corrected chi connectivity index (χ4v) is 1.69. The number of sulfone groups is 1. The molecule has 0 aromatic carbocycles. The maximum atomic E-state index is 11.4. The number of pyridine rings is 1. The van der Waals surface area contributed by atoms with Gasteiger partial charge in [-0.3, -0.25) is 4.98 Å². The second kappa shape index (κ2) is 3.51. The quantitative estimate of drug-likeness (QED) is 0.651. The predicted octanol–water partition coefficient (Wildman–Crippen LogP) is 0.591. The van der Waals surface area contributed by atoms with Gasteiger partial charge in [-0.1, -0.05) is 0 Å². The molecule has 5 heteroatoms. The number of aromatic nitrogens is 1. The standard InChI is InChI=1S/C8H7NO3S/c1-7(6-10)13(11,12)8-2-4-9-5-3-8/h2-5H,1H3. The Morgan fingerprint density at radius 2 is 1.92 bits per heavy atom. The molecule has 1 aromatic rings. The number of carbonyl (C=O) groups excluding carboxylic acids is 1. The zero-order valence-electron chi connectivity index (χ0n) is 6.89. The average molecular weight is 197 g/mol. The molecule has 0 spiro atoms. The van der Waals surface area contributed by atoms with Crippen molar-refractivity contribution in [3.05, 3.63) is 29.4 Å². The summed E-state index contributed by atoms with van der Waals surface area (Å²) in [6.07, 6.45) is 2.70. The van der Waals surface area contributed by atoms with Gasteiger partial charge in [0.15, 0.2) is 0 Å². The van der Waals surface area contributed by atoms with Crippen LogP contribution >= 0.6 is 0 Å². The zero-order valence-corrected chi connectivity index (χ0v) is 7.71. The van der Waals surface area contributed by atoms with Crippen molar-refractivity contribution in [2.24, 2.45) is 0 Å². The maximum Gasteiger partial charge on any atom is 0.213 e. The van der Waals surface area contributed by atoms with E-state index < -0.39 is 9.84 Å². The SMILES string of the molecule is CC(=C=O)S(=O)(=O)c1ccncc1. The van der Waals surface area contributed by atoms with Gasteiger partial charge < -0.3 is 0 Å². The molecule has 0 amide bonds. The predicted molar refractivity (Wildman–Crippen MR) is 46.3 cm³/mol. The summed E-state index contributed by atoms with van der Waals surface area (Å²) in [6, 6.07) is 2.66. The molecule has 0 N–H and O–H groups in total. The van der Waals surface area contributed by atoms with Crippen molar-refractivity contribution >= 4 is 15.8 Å². The maximum absolute atomic E-state index is 11.4. The van der Waals surface area contributed by atoms with Gasteiger partial charge in [0.2, 0.25) is 9.84 Å². The summed E-state index contributed by atoms with van der Waals surface area (Å²) >= 11 is 0. The highest BCUT2D eigenvalue weighted by Crippen LogP contribution is 2.14. The second-order valence-corrected chi connectivity index (χ2v) is 4.44. The molecule has 4 nitrogen and oxygen atoms in total. The number of allylic oxidation sites excluding steroid dienone is 1. The Morgan fingerprint density at radius 3 is 2.38 bits per heavy atom. The topological polar surface area (TPSA) is 64.1 Å². The Kier molecular flexibility index (Phi) is 2.60. The molecule has 0 saturated heterocycles. The van der Waals surface area contributed by atoms with Crippen molar-refractivity contribution in [3.63, 3.8) is 0 Å². The number of rotatable bonds is 2. The Hall–Kier alpha value is -1.45. The minimum Gasteiger partial charge on any atom is -0.265 e. The molecule has 0 aliphatic rings. The van der Waals surface area contributed by atoms with Crippen LogP contribution < -0.4 is 0 Å². The third kappa shape index (κ3) is 1.83. The van der Waals surface area contributed by atoms with Gasteiger partial charge in [-0.05, 0) is 19.1 Å². The van der Waals surface area contributed by atoms with Crippen molar-refractivity contribution in [1.82, 2.24) is 4.98 Å². The van der Waals surface area contributed by atoms with Crippen molar-refractivity contribution < 1.29 is 13.2 Å². The van der Waals surface area contributed by atoms with Gasteiger partial charge >= 0.3 is 0 Å². The summed E-state index contributed by atoms with van der Waals surface area (Å²) in [5.74, 6) is 1.36. The van der Waals surface area contributed by atoms with E-state index in [9.17, 15) is 13.2 Å². The van der Waals surface area contributed by atoms with Crippen molar-refractivity contribution in [3.8, 4) is 0 Å². The Morgan fingerprint density at radius 1 is 1.38 bits per heavy atom. The minimum atomic E-state index is -3.64. The van der Waals surface area contributed by atoms with Gasteiger partial charge in [-0.15, -0.1) is 0 Å². The van der Waals surface area contributed by atoms with Crippen LogP contribution in [0.5, 0.6) is 0 Å². The van der Waals surface area contributed by atoms with E-state index in [4.69, 9.17) is 0 Å². The van der Waals surface area contributed by atoms with E-state index in [1.165, 1.54) is 37.4 Å². The van der Waals surface area contributed by atoms with Crippen LogP contribution in [0, 0.1) is 0 Å². The monoisotopic (exact) mass is 197 g/mol. The van der Waals surface area contributed by atoms with E-state index >= 15 is 0 Å². The van der Waals surface area contributed by atoms with E-state index in [2.05, 4.69) is 4.98 Å². The summed E-state index contributed by atoms with van der Waals surface area (Å²) in [4.78, 5) is 13.6. The molecule has 68 valence electrons. The molecule has 1 rings (SSSR count). The lowest BCUT2D eigenvalue weighted by molar-refractivity contribution is 0.567. The van der Waals surface area contributed by atoms with Crippen LogP contribution in [0.4, 0.5) is 0 Å². The average Bonchev–Trinajstić information content (AvgIpc) is 2.18. The molecular formula is C8H7NO3S. The van der Waals surface area contributed by atoms with Gasteiger partial charge in [0, 0.05) is 12.4 Å². The van der Waals surface area contributed by atoms with Crippen LogP contribution in [0.2, 0.25) is 0 Å². The molecule has 0 fully saturated rings. The van der Waals surface area contributed by atoms with Crippen LogP contribution in [-0.2, 0) is 14.6 Å². The smallest absolute Gasteiger partial charge is 0.213 e. The molecule has 0 aliphatic carbocycles. The van der Waals surface area contributed by atoms with Crippen LogP contribution in [0.25, 0.3) is 0 Å². The van der Waals surface area contributed by atoms with E-state index in [1.807, 2.05) is 0 Å². The molecule has 0 bridgehead atoms. The third-order valence-electron chi connectivity index (χ3n) is 1.51. The van der Waals surface area contributed by atoms with Crippen molar-refractivity contribution in [2.45, 2.75) is 11.8 Å². The van der Waals surface area contributed by atoms with E-state index in [1.54, 1.807) is 0 Å². The highest BCUT2D eigenvalue weighted by Gasteiger charge is 2.16. The molecule has 0 atom stereocenters. The van der Waals surface area contributed by atoms with Gasteiger partial charge in [0.05, 0.1) is 4.90 Å². The Bertz CT molecular complexity index is 444. The minimum absolute atomic E-state index is 0.0587. The lowest BCUT2D eigenvalue weighted by Gasteiger charge is -1.99. The van der Waals surface area contributed by atoms with Gasteiger partial charge in [0.25, 0.3) is 0 Å². The molecule has 0 saturated carbocycles. The largest absolute Gasteiger partial charge is 0.265 e. The fourth-order valence-electron chi connectivity index (χ4n) is 0.749. The molecule has 0 aliphatic heterocycles. The molecule has 1 heterocycles. The van der Waals surface area contributed by atoms with Crippen LogP contribution in [-0.4, -0.2) is 19.3 Å². The molecule has 0 radical (unpaired) electrons. The molecule has 0 unspecified atom stereocenters. The molecule has 1 aromatic heterocycles. The highest BCUT2D eigenvalue weighted by molar-refractivity contribution is 7.95. The normalized spacial score (nSPS) is 10.5. The molecular weight excluding hydrogens is 190 g/mol. The summed E-state index contributed by atoms with van der Waals surface area (Å²) < 4.78 is 22.9. The van der Waals surface area contributed by atoms with Crippen molar-refractivity contribution in [2.75, 3.05) is 0 Å². The number of nitrogens with zero attached hydrogens (tertiary/aromatic N) is 1. The van der Waals surface area contributed by atoms with Crippen LogP contribution in [0.15, 0.2) is 34.3 Å². The lowest BCUT2D eigenvalue weighted by atomic mass is 10.5. The van der Waals surface area contributed by atoms with E-state index in [-0.39, 0.29) is 9.80 Å². The first-order valence-electron chi connectivity index (χ1n) is 3.46. The van der Waals surface area contributed by atoms with Gasteiger partial charge in [-0.2, -0.15) is 0 Å². The first-order valence-corrected chi connectivity index (χ1v) is 4.94. The highest BCUT2D eigenvalue weighted by atomic mass is 32.2. The summed E-state index contributed by atoms with van der Waals surface area (Å²) in [5, 5.41) is 0.